The number of hydrogen-bond acceptors (Lipinski definition) is 3. The molecule has 1 aromatic carbocycles. The highest BCUT2D eigenvalue weighted by molar-refractivity contribution is 5.86. The van der Waals surface area contributed by atoms with Gasteiger partial charge in [0.05, 0.1) is 12.2 Å². The monoisotopic (exact) mass is 396 g/mol. The molecule has 0 aliphatic carbocycles. The molecule has 1 aromatic heterocycles. The summed E-state index contributed by atoms with van der Waals surface area (Å²) in [5.41, 5.74) is 6.08. The fourth-order valence-electron chi connectivity index (χ4n) is 3.88. The third kappa shape index (κ3) is 4.96. The van der Waals surface area contributed by atoms with E-state index in [1.165, 1.54) is 22.4 Å². The Hall–Kier alpha value is -2.83. The first-order valence-electron chi connectivity index (χ1n) is 10.2. The maximum atomic E-state index is 12.7. The van der Waals surface area contributed by atoms with Crippen LogP contribution in [0.3, 0.4) is 0 Å². The van der Waals surface area contributed by atoms with Crippen molar-refractivity contribution in [1.82, 2.24) is 25.3 Å². The van der Waals surface area contributed by atoms with E-state index in [0.29, 0.717) is 12.5 Å². The maximum absolute atomic E-state index is 12.7. The van der Waals surface area contributed by atoms with Gasteiger partial charge in [0.2, 0.25) is 5.91 Å². The number of aryl methyl sites for hydroxylation is 2. The molecule has 29 heavy (non-hydrogen) atoms. The number of carbonyl (C=O) groups excluding carboxylic acids is 1. The predicted molar refractivity (Wildman–Crippen MR) is 116 cm³/mol. The normalized spacial score (nSPS) is 15.1. The summed E-state index contributed by atoms with van der Waals surface area (Å²) < 4.78 is 1.92. The van der Waals surface area contributed by atoms with Gasteiger partial charge in [-0.1, -0.05) is 24.3 Å². The zero-order valence-corrected chi connectivity index (χ0v) is 18.1. The second kappa shape index (κ2) is 9.11. The van der Waals surface area contributed by atoms with Gasteiger partial charge in [0.25, 0.3) is 0 Å². The molecule has 1 unspecified atom stereocenters. The number of guanidine groups is 1. The standard InChI is InChI=1S/C22H32N6O/c1-15(12-20-16(2)26-27(5)17(20)3)25-22(23-4)24-13-21(29)28-11-10-18-8-6-7-9-19(18)14-28/h6-9,15H,10-14H2,1-5H3,(H2,23,24,25). The van der Waals surface area contributed by atoms with Crippen LogP contribution in [0.2, 0.25) is 0 Å². The van der Waals surface area contributed by atoms with E-state index < -0.39 is 0 Å². The number of rotatable bonds is 5. The van der Waals surface area contributed by atoms with Crippen molar-refractivity contribution < 1.29 is 4.79 Å². The maximum Gasteiger partial charge on any atom is 0.242 e. The van der Waals surface area contributed by atoms with Gasteiger partial charge in [0.15, 0.2) is 5.96 Å². The highest BCUT2D eigenvalue weighted by Crippen LogP contribution is 2.18. The molecule has 1 amide bonds. The minimum Gasteiger partial charge on any atom is -0.354 e. The molecule has 7 heteroatoms. The Kier molecular flexibility index (Phi) is 6.56. The van der Waals surface area contributed by atoms with Gasteiger partial charge in [-0.3, -0.25) is 14.5 Å². The molecule has 0 radical (unpaired) electrons. The van der Waals surface area contributed by atoms with E-state index in [2.05, 4.69) is 52.8 Å². The lowest BCUT2D eigenvalue weighted by Crippen LogP contribution is -2.48. The smallest absolute Gasteiger partial charge is 0.242 e. The number of aromatic nitrogens is 2. The zero-order chi connectivity index (χ0) is 21.0. The lowest BCUT2D eigenvalue weighted by atomic mass is 10.00. The molecule has 0 spiro atoms. The summed E-state index contributed by atoms with van der Waals surface area (Å²) in [6.45, 7) is 7.92. The summed E-state index contributed by atoms with van der Waals surface area (Å²) in [5, 5.41) is 11.0. The van der Waals surface area contributed by atoms with Gasteiger partial charge in [0.1, 0.15) is 0 Å². The van der Waals surface area contributed by atoms with Crippen molar-refractivity contribution in [2.75, 3.05) is 20.1 Å². The van der Waals surface area contributed by atoms with Gasteiger partial charge >= 0.3 is 0 Å². The average molecular weight is 397 g/mol. The lowest BCUT2D eigenvalue weighted by Gasteiger charge is -2.29. The number of carbonyl (C=O) groups is 1. The van der Waals surface area contributed by atoms with Crippen molar-refractivity contribution in [2.45, 2.75) is 46.2 Å². The van der Waals surface area contributed by atoms with Crippen LogP contribution in [0.4, 0.5) is 0 Å². The number of fused-ring (bicyclic) bond motifs is 1. The number of nitrogens with zero attached hydrogens (tertiary/aromatic N) is 4. The molecule has 0 saturated carbocycles. The van der Waals surface area contributed by atoms with Crippen LogP contribution in [0.1, 0.15) is 35.0 Å². The SMILES string of the molecule is CN=C(NCC(=O)N1CCc2ccccc2C1)NC(C)Cc1c(C)nn(C)c1C. The molecule has 7 nitrogen and oxygen atoms in total. The van der Waals surface area contributed by atoms with Crippen LogP contribution in [-0.4, -0.2) is 52.7 Å². The second-order valence-corrected chi connectivity index (χ2v) is 7.78. The Morgan fingerprint density at radius 1 is 1.28 bits per heavy atom. The van der Waals surface area contributed by atoms with Gasteiger partial charge in [-0.2, -0.15) is 5.10 Å². The fraction of sp³-hybridized carbons (Fsp3) is 0.500. The highest BCUT2D eigenvalue weighted by atomic mass is 16.2. The molecule has 2 N–H and O–H groups in total. The minimum absolute atomic E-state index is 0.0917. The Morgan fingerprint density at radius 3 is 2.66 bits per heavy atom. The van der Waals surface area contributed by atoms with E-state index in [4.69, 9.17) is 0 Å². The van der Waals surface area contributed by atoms with Gasteiger partial charge in [0, 0.05) is 38.9 Å². The van der Waals surface area contributed by atoms with Crippen molar-refractivity contribution in [3.8, 4) is 0 Å². The topological polar surface area (TPSA) is 74.6 Å². The molecule has 2 heterocycles. The third-order valence-corrected chi connectivity index (χ3v) is 5.67. The Labute approximate surface area is 173 Å². The second-order valence-electron chi connectivity index (χ2n) is 7.78. The molecule has 156 valence electrons. The van der Waals surface area contributed by atoms with E-state index in [1.807, 2.05) is 29.6 Å². The lowest BCUT2D eigenvalue weighted by molar-refractivity contribution is -0.130. The summed E-state index contributed by atoms with van der Waals surface area (Å²) in [5.74, 6) is 0.733. The Bertz CT molecular complexity index is 901. The van der Waals surface area contributed by atoms with Crippen molar-refractivity contribution in [3.05, 3.63) is 52.3 Å². The van der Waals surface area contributed by atoms with Gasteiger partial charge < -0.3 is 15.5 Å². The van der Waals surface area contributed by atoms with Crippen molar-refractivity contribution in [2.24, 2.45) is 12.0 Å². The van der Waals surface area contributed by atoms with Crippen molar-refractivity contribution in [3.63, 3.8) is 0 Å². The first kappa shape index (κ1) is 20.9. The van der Waals surface area contributed by atoms with Gasteiger partial charge in [-0.15, -0.1) is 0 Å². The van der Waals surface area contributed by atoms with E-state index in [9.17, 15) is 4.79 Å². The zero-order valence-electron chi connectivity index (χ0n) is 18.1. The molecule has 0 fully saturated rings. The van der Waals surface area contributed by atoms with Crippen LogP contribution in [-0.2, 0) is 31.2 Å². The summed E-state index contributed by atoms with van der Waals surface area (Å²) in [7, 11) is 3.69. The molecular weight excluding hydrogens is 364 g/mol. The van der Waals surface area contributed by atoms with E-state index in [0.717, 1.165) is 25.1 Å². The molecule has 1 aliphatic heterocycles. The number of hydrogen-bond donors (Lipinski definition) is 2. The van der Waals surface area contributed by atoms with Crippen LogP contribution in [0, 0.1) is 13.8 Å². The first-order chi connectivity index (χ1) is 13.9. The van der Waals surface area contributed by atoms with Gasteiger partial charge in [-0.05, 0) is 50.3 Å². The number of amides is 1. The van der Waals surface area contributed by atoms with Crippen LogP contribution in [0.5, 0.6) is 0 Å². The molecule has 1 atom stereocenters. The quantitative estimate of drug-likeness (QED) is 0.596. The molecule has 0 bridgehead atoms. The third-order valence-electron chi connectivity index (χ3n) is 5.67. The van der Waals surface area contributed by atoms with Crippen LogP contribution in [0.15, 0.2) is 29.3 Å². The number of benzene rings is 1. The fourth-order valence-corrected chi connectivity index (χ4v) is 3.88. The average Bonchev–Trinajstić information content (AvgIpc) is 2.96. The van der Waals surface area contributed by atoms with Crippen LogP contribution < -0.4 is 10.6 Å². The molecule has 0 saturated heterocycles. The van der Waals surface area contributed by atoms with Crippen molar-refractivity contribution in [1.29, 1.82) is 0 Å². The molecule has 3 rings (SSSR count). The number of aliphatic imine (C=N–C) groups is 1. The van der Waals surface area contributed by atoms with E-state index >= 15 is 0 Å². The summed E-state index contributed by atoms with van der Waals surface area (Å²) in [6.07, 6.45) is 1.76. The highest BCUT2D eigenvalue weighted by Gasteiger charge is 2.20. The van der Waals surface area contributed by atoms with Crippen LogP contribution in [0.25, 0.3) is 0 Å². The first-order valence-corrected chi connectivity index (χ1v) is 10.2. The summed E-state index contributed by atoms with van der Waals surface area (Å²) >= 11 is 0. The minimum atomic E-state index is 0.0917. The molecular formula is C22H32N6O. The summed E-state index contributed by atoms with van der Waals surface area (Å²) in [6, 6.07) is 8.51. The largest absolute Gasteiger partial charge is 0.354 e. The van der Waals surface area contributed by atoms with Crippen molar-refractivity contribution >= 4 is 11.9 Å². The number of nitrogens with one attached hydrogen (secondary N) is 2. The molecule has 2 aromatic rings. The molecule has 1 aliphatic rings. The van der Waals surface area contributed by atoms with Gasteiger partial charge in [-0.25, -0.2) is 0 Å². The van der Waals surface area contributed by atoms with E-state index in [-0.39, 0.29) is 18.5 Å². The predicted octanol–water partition coefficient (Wildman–Crippen LogP) is 1.72. The van der Waals surface area contributed by atoms with E-state index in [1.54, 1.807) is 7.05 Å². The Morgan fingerprint density at radius 2 is 2.00 bits per heavy atom. The Balaban J connectivity index is 1.51. The van der Waals surface area contributed by atoms with Crippen LogP contribution >= 0.6 is 0 Å². The summed E-state index contributed by atoms with van der Waals surface area (Å²) in [4.78, 5) is 18.9.